The molecule has 1 aromatic carbocycles. The molecule has 0 saturated carbocycles. The van der Waals surface area contributed by atoms with E-state index in [4.69, 9.17) is 0 Å². The maximum atomic E-state index is 12.0. The fraction of sp³-hybridized carbons (Fsp3) is 0.500. The van der Waals surface area contributed by atoms with E-state index in [1.54, 1.807) is 6.92 Å². The van der Waals surface area contributed by atoms with Crippen LogP contribution < -0.4 is 10.6 Å². The van der Waals surface area contributed by atoms with Crippen molar-refractivity contribution in [1.29, 1.82) is 0 Å². The van der Waals surface area contributed by atoms with Gasteiger partial charge >= 0.3 is 6.03 Å². The minimum atomic E-state index is -0.458. The van der Waals surface area contributed by atoms with E-state index in [0.29, 0.717) is 0 Å². The number of urea groups is 1. The molecule has 0 heterocycles. The maximum absolute atomic E-state index is 12.0. The normalized spacial score (nSPS) is 12.7. The standard InChI is InChI=1S/C16H24N2O2S/c1-10-7-8-13(11(2)9-10)21-12(3)14(19)17-15(20)18-16(4,5)6/h7-9,12H,1-6H3,(H2,17,18,19,20). The van der Waals surface area contributed by atoms with Crippen molar-refractivity contribution in [3.05, 3.63) is 29.3 Å². The number of imide groups is 1. The zero-order valence-corrected chi connectivity index (χ0v) is 14.4. The molecule has 1 unspecified atom stereocenters. The summed E-state index contributed by atoms with van der Waals surface area (Å²) < 4.78 is 0. The molecule has 0 aliphatic carbocycles. The van der Waals surface area contributed by atoms with Crippen LogP contribution in [0.3, 0.4) is 0 Å². The van der Waals surface area contributed by atoms with E-state index < -0.39 is 6.03 Å². The molecule has 116 valence electrons. The Kier molecular flexibility index (Phi) is 5.84. The number of carbonyl (C=O) groups excluding carboxylic acids is 2. The van der Waals surface area contributed by atoms with Gasteiger partial charge < -0.3 is 5.32 Å². The molecule has 0 aliphatic rings. The maximum Gasteiger partial charge on any atom is 0.321 e. The molecule has 5 heteroatoms. The molecular formula is C16H24N2O2S. The SMILES string of the molecule is Cc1ccc(SC(C)C(=O)NC(=O)NC(C)(C)C)c(C)c1. The second kappa shape index (κ2) is 6.98. The van der Waals surface area contributed by atoms with E-state index in [9.17, 15) is 9.59 Å². The van der Waals surface area contributed by atoms with Crippen LogP contribution in [0.25, 0.3) is 0 Å². The Bertz CT molecular complexity index is 536. The summed E-state index contributed by atoms with van der Waals surface area (Å²) in [6.45, 7) is 11.4. The monoisotopic (exact) mass is 308 g/mol. The molecule has 21 heavy (non-hydrogen) atoms. The highest BCUT2D eigenvalue weighted by Gasteiger charge is 2.20. The molecule has 0 radical (unpaired) electrons. The van der Waals surface area contributed by atoms with Crippen molar-refractivity contribution in [3.63, 3.8) is 0 Å². The number of thioether (sulfide) groups is 1. The van der Waals surface area contributed by atoms with Crippen LogP contribution in [-0.2, 0) is 4.79 Å². The third-order valence-electron chi connectivity index (χ3n) is 2.73. The lowest BCUT2D eigenvalue weighted by molar-refractivity contribution is -0.119. The summed E-state index contributed by atoms with van der Waals surface area (Å²) in [5.74, 6) is -0.290. The van der Waals surface area contributed by atoms with Gasteiger partial charge in [-0.2, -0.15) is 0 Å². The first-order chi connectivity index (χ1) is 9.58. The average Bonchev–Trinajstić information content (AvgIpc) is 2.29. The molecule has 0 bridgehead atoms. The number of hydrogen-bond donors (Lipinski definition) is 2. The van der Waals surface area contributed by atoms with Crippen molar-refractivity contribution in [2.24, 2.45) is 0 Å². The largest absolute Gasteiger partial charge is 0.333 e. The zero-order chi connectivity index (χ0) is 16.2. The van der Waals surface area contributed by atoms with Crippen LogP contribution in [0.4, 0.5) is 4.79 Å². The summed E-state index contributed by atoms with van der Waals surface area (Å²) >= 11 is 1.45. The van der Waals surface area contributed by atoms with Gasteiger partial charge in [0.2, 0.25) is 5.91 Å². The van der Waals surface area contributed by atoms with Crippen molar-refractivity contribution < 1.29 is 9.59 Å². The fourth-order valence-electron chi connectivity index (χ4n) is 1.76. The number of hydrogen-bond acceptors (Lipinski definition) is 3. The second-order valence-electron chi connectivity index (χ2n) is 6.22. The summed E-state index contributed by atoms with van der Waals surface area (Å²) in [4.78, 5) is 24.8. The Hall–Kier alpha value is -1.49. The first-order valence-corrected chi connectivity index (χ1v) is 7.83. The summed E-state index contributed by atoms with van der Waals surface area (Å²) in [7, 11) is 0. The molecule has 3 amide bonds. The predicted octanol–water partition coefficient (Wildman–Crippen LogP) is 3.41. The zero-order valence-electron chi connectivity index (χ0n) is 13.5. The van der Waals surface area contributed by atoms with Crippen molar-refractivity contribution in [2.45, 2.75) is 57.2 Å². The van der Waals surface area contributed by atoms with Gasteiger partial charge in [0.25, 0.3) is 0 Å². The van der Waals surface area contributed by atoms with Gasteiger partial charge in [0, 0.05) is 10.4 Å². The number of carbonyl (C=O) groups is 2. The van der Waals surface area contributed by atoms with Crippen LogP contribution in [0.15, 0.2) is 23.1 Å². The molecule has 0 aromatic heterocycles. The van der Waals surface area contributed by atoms with Crippen molar-refractivity contribution >= 4 is 23.7 Å². The van der Waals surface area contributed by atoms with E-state index in [1.807, 2.05) is 46.8 Å². The Morgan fingerprint density at radius 1 is 1.19 bits per heavy atom. The van der Waals surface area contributed by atoms with Gasteiger partial charge in [-0.15, -0.1) is 11.8 Å². The smallest absolute Gasteiger partial charge is 0.321 e. The Balaban J connectivity index is 2.61. The van der Waals surface area contributed by atoms with E-state index >= 15 is 0 Å². The molecule has 1 aromatic rings. The minimum Gasteiger partial charge on any atom is -0.333 e. The Labute approximate surface area is 131 Å². The third-order valence-corrected chi connectivity index (χ3v) is 4.01. The first kappa shape index (κ1) is 17.6. The van der Waals surface area contributed by atoms with Crippen LogP contribution in [-0.4, -0.2) is 22.7 Å². The van der Waals surface area contributed by atoms with Crippen LogP contribution in [0.1, 0.15) is 38.8 Å². The number of nitrogens with one attached hydrogen (secondary N) is 2. The van der Waals surface area contributed by atoms with Crippen LogP contribution in [0.2, 0.25) is 0 Å². The highest BCUT2D eigenvalue weighted by Crippen LogP contribution is 2.27. The van der Waals surface area contributed by atoms with Crippen molar-refractivity contribution in [2.75, 3.05) is 0 Å². The van der Waals surface area contributed by atoms with Crippen molar-refractivity contribution in [3.8, 4) is 0 Å². The molecular weight excluding hydrogens is 284 g/mol. The molecule has 1 rings (SSSR count). The minimum absolute atomic E-state index is 0.290. The Morgan fingerprint density at radius 2 is 1.81 bits per heavy atom. The number of rotatable bonds is 3. The van der Waals surface area contributed by atoms with Gasteiger partial charge in [0.15, 0.2) is 0 Å². The molecule has 0 fully saturated rings. The summed E-state index contributed by atoms with van der Waals surface area (Å²) in [6.07, 6.45) is 0. The summed E-state index contributed by atoms with van der Waals surface area (Å²) in [5, 5.41) is 4.75. The van der Waals surface area contributed by atoms with Gasteiger partial charge in [0.05, 0.1) is 5.25 Å². The Morgan fingerprint density at radius 3 is 2.33 bits per heavy atom. The van der Waals surface area contributed by atoms with Gasteiger partial charge in [0.1, 0.15) is 0 Å². The van der Waals surface area contributed by atoms with Gasteiger partial charge in [-0.1, -0.05) is 17.7 Å². The topological polar surface area (TPSA) is 58.2 Å². The predicted molar refractivity (Wildman–Crippen MR) is 87.7 cm³/mol. The quantitative estimate of drug-likeness (QED) is 0.841. The highest BCUT2D eigenvalue weighted by atomic mass is 32.2. The fourth-order valence-corrected chi connectivity index (χ4v) is 2.70. The average molecular weight is 308 g/mol. The lowest BCUT2D eigenvalue weighted by atomic mass is 10.1. The molecule has 2 N–H and O–H groups in total. The number of amides is 3. The summed E-state index contributed by atoms with van der Waals surface area (Å²) in [5.41, 5.74) is 1.96. The van der Waals surface area contributed by atoms with Crippen LogP contribution in [0.5, 0.6) is 0 Å². The number of aryl methyl sites for hydroxylation is 2. The molecule has 0 aliphatic heterocycles. The van der Waals surface area contributed by atoms with Gasteiger partial charge in [-0.25, -0.2) is 4.79 Å². The number of benzene rings is 1. The second-order valence-corrected chi connectivity index (χ2v) is 7.61. The van der Waals surface area contributed by atoms with E-state index in [1.165, 1.54) is 17.3 Å². The van der Waals surface area contributed by atoms with E-state index in [0.717, 1.165) is 10.5 Å². The lowest BCUT2D eigenvalue weighted by Crippen LogP contribution is -2.49. The lowest BCUT2D eigenvalue weighted by Gasteiger charge is -2.21. The van der Waals surface area contributed by atoms with Gasteiger partial charge in [-0.3, -0.25) is 10.1 Å². The third kappa shape index (κ3) is 6.21. The van der Waals surface area contributed by atoms with Gasteiger partial charge in [-0.05, 0) is 53.2 Å². The van der Waals surface area contributed by atoms with E-state index in [2.05, 4.69) is 16.7 Å². The highest BCUT2D eigenvalue weighted by molar-refractivity contribution is 8.00. The van der Waals surface area contributed by atoms with Crippen LogP contribution in [0, 0.1) is 13.8 Å². The summed E-state index contributed by atoms with van der Waals surface area (Å²) in [6, 6.07) is 5.65. The van der Waals surface area contributed by atoms with Crippen LogP contribution >= 0.6 is 11.8 Å². The van der Waals surface area contributed by atoms with E-state index in [-0.39, 0.29) is 16.7 Å². The molecule has 1 atom stereocenters. The molecule has 4 nitrogen and oxygen atoms in total. The first-order valence-electron chi connectivity index (χ1n) is 6.95. The molecule has 0 spiro atoms. The molecule has 0 saturated heterocycles. The van der Waals surface area contributed by atoms with Crippen molar-refractivity contribution in [1.82, 2.24) is 10.6 Å².